The third kappa shape index (κ3) is 4.97. The summed E-state index contributed by atoms with van der Waals surface area (Å²) in [6, 6.07) is 2.39. The first-order valence-electron chi connectivity index (χ1n) is 6.99. The monoisotopic (exact) mass is 428 g/mol. The first kappa shape index (κ1) is 22.9. The Bertz CT molecular complexity index is 1050. The van der Waals surface area contributed by atoms with Gasteiger partial charge in [0.2, 0.25) is 5.75 Å². The van der Waals surface area contributed by atoms with Gasteiger partial charge in [0.15, 0.2) is 0 Å². The fourth-order valence-electron chi connectivity index (χ4n) is 1.84. The molecular weight excluding hydrogens is 420 g/mol. The van der Waals surface area contributed by atoms with Crippen LogP contribution in [0.15, 0.2) is 24.3 Å². The number of benzene rings is 2. The van der Waals surface area contributed by atoms with Gasteiger partial charge in [-0.15, -0.1) is 0 Å². The smallest absolute Gasteiger partial charge is 0.324 e. The Morgan fingerprint density at radius 2 is 0.867 bits per heavy atom. The highest BCUT2D eigenvalue weighted by atomic mass is 16.6. The Hall–Kier alpha value is -5.16. The fourth-order valence-corrected chi connectivity index (χ4v) is 1.84. The molecule has 0 spiro atoms. The van der Waals surface area contributed by atoms with E-state index in [1.807, 2.05) is 0 Å². The second kappa shape index (κ2) is 8.69. The van der Waals surface area contributed by atoms with E-state index in [-0.39, 0.29) is 0 Å². The van der Waals surface area contributed by atoms with Gasteiger partial charge in [0.05, 0.1) is 48.5 Å². The van der Waals surface area contributed by atoms with Crippen LogP contribution in [0.2, 0.25) is 0 Å². The van der Waals surface area contributed by atoms with Crippen molar-refractivity contribution in [2.45, 2.75) is 0 Å². The van der Waals surface area contributed by atoms with Crippen molar-refractivity contribution in [3.05, 3.63) is 74.8 Å². The van der Waals surface area contributed by atoms with Crippen molar-refractivity contribution in [1.29, 1.82) is 0 Å². The number of aromatic hydroxyl groups is 2. The third-order valence-electron chi connectivity index (χ3n) is 3.17. The Morgan fingerprint density at radius 3 is 1.17 bits per heavy atom. The second-order valence-electron chi connectivity index (χ2n) is 5.02. The SMILES string of the molecule is Nc1cc([N+](=O)[O-])cc([N+](=O)[O-])c1O.O=[N+]([O-])c1cc([N+](=O)[O-])c(O)c([N+](=O)[O-])c1. The lowest BCUT2D eigenvalue weighted by molar-refractivity contribution is -0.404. The summed E-state index contributed by atoms with van der Waals surface area (Å²) in [6.45, 7) is 0. The van der Waals surface area contributed by atoms with Crippen molar-refractivity contribution in [3.8, 4) is 11.5 Å². The van der Waals surface area contributed by atoms with Crippen LogP contribution < -0.4 is 5.73 Å². The molecule has 18 heteroatoms. The normalized spacial score (nSPS) is 9.73. The number of anilines is 1. The maximum absolute atomic E-state index is 10.4. The molecule has 0 unspecified atom stereocenters. The van der Waals surface area contributed by atoms with Gasteiger partial charge in [0, 0.05) is 6.07 Å². The molecule has 158 valence electrons. The molecule has 0 saturated heterocycles. The molecule has 0 fully saturated rings. The van der Waals surface area contributed by atoms with Crippen LogP contribution in [-0.4, -0.2) is 34.8 Å². The van der Waals surface area contributed by atoms with Gasteiger partial charge in [-0.3, -0.25) is 50.6 Å². The van der Waals surface area contributed by atoms with Gasteiger partial charge in [0.1, 0.15) is 0 Å². The van der Waals surface area contributed by atoms with Crippen molar-refractivity contribution < 1.29 is 34.8 Å². The van der Waals surface area contributed by atoms with E-state index < -0.39 is 70.2 Å². The van der Waals surface area contributed by atoms with Crippen molar-refractivity contribution in [2.24, 2.45) is 0 Å². The molecule has 2 aromatic rings. The number of nitro benzene ring substituents is 5. The largest absolute Gasteiger partial charge is 0.501 e. The Morgan fingerprint density at radius 1 is 0.567 bits per heavy atom. The van der Waals surface area contributed by atoms with Crippen LogP contribution in [0.4, 0.5) is 34.1 Å². The van der Waals surface area contributed by atoms with Crippen LogP contribution in [-0.2, 0) is 0 Å². The molecule has 0 radical (unpaired) electrons. The fraction of sp³-hybridized carbons (Fsp3) is 0. The maximum Gasteiger partial charge on any atom is 0.324 e. The Balaban J connectivity index is 0.000000303. The zero-order chi connectivity index (χ0) is 23.3. The molecule has 0 amide bonds. The van der Waals surface area contributed by atoms with Crippen LogP contribution in [0.3, 0.4) is 0 Å². The average molecular weight is 428 g/mol. The summed E-state index contributed by atoms with van der Waals surface area (Å²) in [7, 11) is 0. The molecule has 0 bridgehead atoms. The highest BCUT2D eigenvalue weighted by Gasteiger charge is 2.30. The number of nitro groups is 5. The van der Waals surface area contributed by atoms with Crippen LogP contribution in [0.1, 0.15) is 0 Å². The number of phenolic OH excluding ortho intramolecular Hbond substituents is 2. The molecule has 0 aromatic heterocycles. The first-order chi connectivity index (χ1) is 13.8. The molecule has 0 aliphatic rings. The average Bonchev–Trinajstić information content (AvgIpc) is 2.63. The Kier molecular flexibility index (Phi) is 6.62. The summed E-state index contributed by atoms with van der Waals surface area (Å²) in [5.74, 6) is -1.97. The standard InChI is InChI=1S/C6H3N3O7.C6H5N3O5/c10-6-4(8(13)14)1-3(7(11)12)2-5(6)9(15)16;7-4-1-3(8(11)12)2-5(6(4)10)9(13)14/h1-2,10H;1-2,10H,7H2. The van der Waals surface area contributed by atoms with Crippen molar-refractivity contribution in [1.82, 2.24) is 0 Å². The lowest BCUT2D eigenvalue weighted by atomic mass is 10.2. The third-order valence-corrected chi connectivity index (χ3v) is 3.17. The van der Waals surface area contributed by atoms with Crippen LogP contribution in [0, 0.1) is 50.6 Å². The molecule has 30 heavy (non-hydrogen) atoms. The van der Waals surface area contributed by atoms with Gasteiger partial charge in [0.25, 0.3) is 17.1 Å². The number of nitrogens with two attached hydrogens (primary N) is 1. The number of phenols is 2. The topological polar surface area (TPSA) is 282 Å². The molecule has 2 rings (SSSR count). The van der Waals surface area contributed by atoms with E-state index in [2.05, 4.69) is 0 Å². The summed E-state index contributed by atoms with van der Waals surface area (Å²) >= 11 is 0. The predicted octanol–water partition coefficient (Wildman–Crippen LogP) is 1.91. The van der Waals surface area contributed by atoms with Crippen LogP contribution in [0.25, 0.3) is 0 Å². The van der Waals surface area contributed by atoms with E-state index in [1.54, 1.807) is 0 Å². The lowest BCUT2D eigenvalue weighted by Crippen LogP contribution is -1.97. The number of hydrogen-bond acceptors (Lipinski definition) is 13. The van der Waals surface area contributed by atoms with E-state index in [9.17, 15) is 50.6 Å². The number of nitrogen functional groups attached to an aromatic ring is 1. The highest BCUT2D eigenvalue weighted by Crippen LogP contribution is 2.39. The van der Waals surface area contributed by atoms with Crippen LogP contribution in [0.5, 0.6) is 11.5 Å². The van der Waals surface area contributed by atoms with Crippen molar-refractivity contribution >= 4 is 34.1 Å². The zero-order valence-corrected chi connectivity index (χ0v) is 14.1. The van der Waals surface area contributed by atoms with E-state index >= 15 is 0 Å². The van der Waals surface area contributed by atoms with Gasteiger partial charge in [-0.25, -0.2) is 0 Å². The lowest BCUT2D eigenvalue weighted by Gasteiger charge is -1.99. The molecule has 0 saturated carbocycles. The highest BCUT2D eigenvalue weighted by molar-refractivity contribution is 5.68. The van der Waals surface area contributed by atoms with Crippen molar-refractivity contribution in [2.75, 3.05) is 5.73 Å². The van der Waals surface area contributed by atoms with Gasteiger partial charge in [-0.2, -0.15) is 0 Å². The first-order valence-corrected chi connectivity index (χ1v) is 6.99. The van der Waals surface area contributed by atoms with Gasteiger partial charge in [-0.1, -0.05) is 0 Å². The van der Waals surface area contributed by atoms with E-state index in [0.29, 0.717) is 18.2 Å². The molecular formula is C12H8N6O12. The van der Waals surface area contributed by atoms with Crippen molar-refractivity contribution in [3.63, 3.8) is 0 Å². The number of rotatable bonds is 5. The quantitative estimate of drug-likeness (QED) is 0.265. The van der Waals surface area contributed by atoms with E-state index in [4.69, 9.17) is 15.9 Å². The van der Waals surface area contributed by atoms with Gasteiger partial charge < -0.3 is 15.9 Å². The minimum atomic E-state index is -1.21. The molecule has 2 aromatic carbocycles. The predicted molar refractivity (Wildman–Crippen MR) is 93.9 cm³/mol. The Labute approximate surface area is 162 Å². The minimum Gasteiger partial charge on any atom is -0.501 e. The summed E-state index contributed by atoms with van der Waals surface area (Å²) in [5, 5.41) is 69.9. The van der Waals surface area contributed by atoms with E-state index in [0.717, 1.165) is 6.07 Å². The minimum absolute atomic E-state index is 0.397. The number of hydrogen-bond donors (Lipinski definition) is 3. The zero-order valence-electron chi connectivity index (χ0n) is 14.1. The van der Waals surface area contributed by atoms with E-state index in [1.165, 1.54) is 0 Å². The molecule has 0 heterocycles. The molecule has 18 nitrogen and oxygen atoms in total. The summed E-state index contributed by atoms with van der Waals surface area (Å²) in [4.78, 5) is 46.6. The summed E-state index contributed by atoms with van der Waals surface area (Å²) in [6.07, 6.45) is 0. The summed E-state index contributed by atoms with van der Waals surface area (Å²) < 4.78 is 0. The molecule has 4 N–H and O–H groups in total. The molecule has 0 aliphatic carbocycles. The maximum atomic E-state index is 10.4. The second-order valence-corrected chi connectivity index (χ2v) is 5.02. The number of nitrogens with zero attached hydrogens (tertiary/aromatic N) is 5. The summed E-state index contributed by atoms with van der Waals surface area (Å²) in [5.41, 5.74) is 0.423. The molecule has 0 aliphatic heterocycles. The van der Waals surface area contributed by atoms with Gasteiger partial charge >= 0.3 is 17.1 Å². The number of non-ortho nitro benzene ring substituents is 2. The van der Waals surface area contributed by atoms with Crippen LogP contribution >= 0.6 is 0 Å². The molecule has 0 atom stereocenters. The van der Waals surface area contributed by atoms with Gasteiger partial charge in [-0.05, 0) is 0 Å².